The summed E-state index contributed by atoms with van der Waals surface area (Å²) in [6.07, 6.45) is 3.09. The van der Waals surface area contributed by atoms with Gasteiger partial charge in [0, 0.05) is 23.7 Å². The van der Waals surface area contributed by atoms with E-state index in [1.807, 2.05) is 60.7 Å². The SMILES string of the molecule is O=C(NCCc1ccccc1)c1cnn2c(-c3ccc(Cl)cc3)nc(NCCc3ccccc3)nc12. The predicted octanol–water partition coefficient (Wildman–Crippen LogP) is 5.07. The molecule has 0 spiro atoms. The first-order valence-corrected chi connectivity index (χ1v) is 12.2. The molecule has 0 aliphatic heterocycles. The van der Waals surface area contributed by atoms with Crippen LogP contribution in [0.5, 0.6) is 0 Å². The Bertz CT molecular complexity index is 1450. The number of carbonyl (C=O) groups excluding carboxylic acids is 1. The lowest BCUT2D eigenvalue weighted by Crippen LogP contribution is -2.25. The zero-order chi connectivity index (χ0) is 24.7. The standard InChI is InChI=1S/C28H25ClN6O/c29-23-13-11-22(12-14-23)25-33-28(31-18-16-21-9-5-2-6-10-21)34-26-24(19-32-35(25)26)27(36)30-17-15-20-7-3-1-4-8-20/h1-14,19H,15-18H2,(H,30,36)(H,31,34). The topological polar surface area (TPSA) is 84.2 Å². The molecule has 36 heavy (non-hydrogen) atoms. The van der Waals surface area contributed by atoms with Crippen molar-refractivity contribution in [1.29, 1.82) is 0 Å². The number of halogens is 1. The van der Waals surface area contributed by atoms with Gasteiger partial charge in [0.15, 0.2) is 11.5 Å². The number of carbonyl (C=O) groups is 1. The van der Waals surface area contributed by atoms with Crippen molar-refractivity contribution in [2.24, 2.45) is 0 Å². The van der Waals surface area contributed by atoms with E-state index in [9.17, 15) is 4.79 Å². The molecule has 0 saturated heterocycles. The molecule has 0 aliphatic rings. The van der Waals surface area contributed by atoms with E-state index in [1.54, 1.807) is 16.6 Å². The van der Waals surface area contributed by atoms with Gasteiger partial charge in [-0.2, -0.15) is 19.6 Å². The normalized spacial score (nSPS) is 10.9. The summed E-state index contributed by atoms with van der Waals surface area (Å²) in [4.78, 5) is 22.4. The maximum Gasteiger partial charge on any atom is 0.256 e. The fraction of sp³-hybridized carbons (Fsp3) is 0.143. The third-order valence-corrected chi connectivity index (χ3v) is 6.05. The minimum atomic E-state index is -0.225. The number of hydrogen-bond acceptors (Lipinski definition) is 5. The van der Waals surface area contributed by atoms with E-state index in [1.165, 1.54) is 11.8 Å². The molecule has 0 aliphatic carbocycles. The number of fused-ring (bicyclic) bond motifs is 1. The Morgan fingerprint density at radius 1 is 0.806 bits per heavy atom. The second-order valence-corrected chi connectivity index (χ2v) is 8.76. The molecule has 180 valence electrons. The lowest BCUT2D eigenvalue weighted by molar-refractivity contribution is 0.0955. The number of aromatic nitrogens is 4. The Morgan fingerprint density at radius 2 is 1.44 bits per heavy atom. The third-order valence-electron chi connectivity index (χ3n) is 5.80. The zero-order valence-electron chi connectivity index (χ0n) is 19.6. The van der Waals surface area contributed by atoms with Gasteiger partial charge in [-0.1, -0.05) is 72.3 Å². The smallest absolute Gasteiger partial charge is 0.256 e. The molecule has 0 bridgehead atoms. The van der Waals surface area contributed by atoms with E-state index < -0.39 is 0 Å². The van der Waals surface area contributed by atoms with Gasteiger partial charge in [-0.05, 0) is 48.2 Å². The molecule has 2 aromatic heterocycles. The zero-order valence-corrected chi connectivity index (χ0v) is 20.3. The van der Waals surface area contributed by atoms with E-state index in [0.29, 0.717) is 41.1 Å². The number of nitrogens with zero attached hydrogens (tertiary/aromatic N) is 4. The molecule has 0 fully saturated rings. The average Bonchev–Trinajstić information content (AvgIpc) is 3.34. The molecular formula is C28H25ClN6O. The van der Waals surface area contributed by atoms with E-state index in [4.69, 9.17) is 16.6 Å². The van der Waals surface area contributed by atoms with Crippen LogP contribution in [0.2, 0.25) is 5.02 Å². The number of rotatable bonds is 9. The van der Waals surface area contributed by atoms with Gasteiger partial charge in [0.05, 0.1) is 6.20 Å². The van der Waals surface area contributed by atoms with Gasteiger partial charge in [0.25, 0.3) is 5.91 Å². The Morgan fingerprint density at radius 3 is 2.11 bits per heavy atom. The van der Waals surface area contributed by atoms with Crippen LogP contribution in [0.3, 0.4) is 0 Å². The monoisotopic (exact) mass is 496 g/mol. The summed E-state index contributed by atoms with van der Waals surface area (Å²) in [6.45, 7) is 1.16. The van der Waals surface area contributed by atoms with Gasteiger partial charge in [0.1, 0.15) is 5.56 Å². The van der Waals surface area contributed by atoms with E-state index in [-0.39, 0.29) is 5.91 Å². The quantitative estimate of drug-likeness (QED) is 0.297. The first-order chi connectivity index (χ1) is 17.7. The highest BCUT2D eigenvalue weighted by Gasteiger charge is 2.19. The summed E-state index contributed by atoms with van der Waals surface area (Å²) in [6, 6.07) is 27.6. The van der Waals surface area contributed by atoms with Gasteiger partial charge in [0.2, 0.25) is 5.95 Å². The van der Waals surface area contributed by atoms with Crippen molar-refractivity contribution in [1.82, 2.24) is 24.9 Å². The average molecular weight is 497 g/mol. The largest absolute Gasteiger partial charge is 0.354 e. The fourth-order valence-electron chi connectivity index (χ4n) is 3.93. The van der Waals surface area contributed by atoms with Crippen molar-refractivity contribution < 1.29 is 4.79 Å². The summed E-state index contributed by atoms with van der Waals surface area (Å²) < 4.78 is 1.59. The van der Waals surface area contributed by atoms with Crippen LogP contribution in [0.4, 0.5) is 5.95 Å². The second kappa shape index (κ2) is 11.0. The Balaban J connectivity index is 1.40. The lowest BCUT2D eigenvalue weighted by atomic mass is 10.1. The van der Waals surface area contributed by atoms with Gasteiger partial charge >= 0.3 is 0 Å². The van der Waals surface area contributed by atoms with E-state index in [2.05, 4.69) is 32.8 Å². The molecule has 0 unspecified atom stereocenters. The highest BCUT2D eigenvalue weighted by Crippen LogP contribution is 2.23. The molecule has 2 N–H and O–H groups in total. The Hall–Kier alpha value is -4.23. The van der Waals surface area contributed by atoms with Crippen molar-refractivity contribution in [2.75, 3.05) is 18.4 Å². The van der Waals surface area contributed by atoms with Crippen molar-refractivity contribution in [3.05, 3.63) is 113 Å². The summed E-state index contributed by atoms with van der Waals surface area (Å²) >= 11 is 6.09. The van der Waals surface area contributed by atoms with E-state index in [0.717, 1.165) is 24.0 Å². The molecule has 0 radical (unpaired) electrons. The molecule has 8 heteroatoms. The van der Waals surface area contributed by atoms with Crippen LogP contribution in [0, 0.1) is 0 Å². The van der Waals surface area contributed by atoms with Crippen LogP contribution in [0.15, 0.2) is 91.1 Å². The fourth-order valence-corrected chi connectivity index (χ4v) is 4.05. The van der Waals surface area contributed by atoms with Gasteiger partial charge in [-0.3, -0.25) is 4.79 Å². The Kier molecular flexibility index (Phi) is 7.19. The number of hydrogen-bond donors (Lipinski definition) is 2. The molecular weight excluding hydrogens is 472 g/mol. The van der Waals surface area contributed by atoms with Crippen molar-refractivity contribution in [2.45, 2.75) is 12.8 Å². The summed E-state index contributed by atoms with van der Waals surface area (Å²) in [5, 5.41) is 11.4. The number of benzene rings is 3. The summed E-state index contributed by atoms with van der Waals surface area (Å²) in [5.74, 6) is 0.779. The first kappa shape index (κ1) is 23.5. The van der Waals surface area contributed by atoms with Crippen LogP contribution in [-0.4, -0.2) is 38.6 Å². The maximum absolute atomic E-state index is 13.1. The summed E-state index contributed by atoms with van der Waals surface area (Å²) in [7, 11) is 0. The van der Waals surface area contributed by atoms with Crippen LogP contribution in [0.25, 0.3) is 17.0 Å². The van der Waals surface area contributed by atoms with Crippen molar-refractivity contribution in [3.8, 4) is 11.4 Å². The Labute approximate surface area is 214 Å². The highest BCUT2D eigenvalue weighted by molar-refractivity contribution is 6.30. The van der Waals surface area contributed by atoms with Crippen LogP contribution < -0.4 is 10.6 Å². The maximum atomic E-state index is 13.1. The molecule has 7 nitrogen and oxygen atoms in total. The van der Waals surface area contributed by atoms with Crippen LogP contribution in [0.1, 0.15) is 21.5 Å². The minimum absolute atomic E-state index is 0.225. The summed E-state index contributed by atoms with van der Waals surface area (Å²) in [5.41, 5.74) is 4.03. The second-order valence-electron chi connectivity index (χ2n) is 8.33. The molecule has 2 heterocycles. The van der Waals surface area contributed by atoms with Crippen LogP contribution >= 0.6 is 11.6 Å². The van der Waals surface area contributed by atoms with Gasteiger partial charge < -0.3 is 10.6 Å². The molecule has 0 atom stereocenters. The molecule has 5 aromatic rings. The number of anilines is 1. The third kappa shape index (κ3) is 5.53. The number of amides is 1. The van der Waals surface area contributed by atoms with Crippen molar-refractivity contribution in [3.63, 3.8) is 0 Å². The van der Waals surface area contributed by atoms with Crippen LogP contribution in [-0.2, 0) is 12.8 Å². The predicted molar refractivity (Wildman–Crippen MR) is 142 cm³/mol. The minimum Gasteiger partial charge on any atom is -0.354 e. The molecule has 3 aromatic carbocycles. The highest BCUT2D eigenvalue weighted by atomic mass is 35.5. The molecule has 1 amide bonds. The van der Waals surface area contributed by atoms with Crippen molar-refractivity contribution >= 4 is 29.1 Å². The van der Waals surface area contributed by atoms with Gasteiger partial charge in [-0.25, -0.2) is 0 Å². The number of nitrogens with one attached hydrogen (secondary N) is 2. The molecule has 5 rings (SSSR count). The lowest BCUT2D eigenvalue weighted by Gasteiger charge is -2.10. The van der Waals surface area contributed by atoms with Gasteiger partial charge in [-0.15, -0.1) is 0 Å². The first-order valence-electron chi connectivity index (χ1n) is 11.8. The van der Waals surface area contributed by atoms with E-state index >= 15 is 0 Å². The molecule has 0 saturated carbocycles.